The van der Waals surface area contributed by atoms with Gasteiger partial charge in [0.15, 0.2) is 0 Å². The van der Waals surface area contributed by atoms with Gasteiger partial charge in [-0.1, -0.05) is 0 Å². The molecule has 8 heteroatoms. The van der Waals surface area contributed by atoms with Crippen LogP contribution in [-0.2, 0) is 4.74 Å². The van der Waals surface area contributed by atoms with Gasteiger partial charge < -0.3 is 15.0 Å². The van der Waals surface area contributed by atoms with E-state index < -0.39 is 11.0 Å². The van der Waals surface area contributed by atoms with Gasteiger partial charge >= 0.3 is 11.8 Å². The molecular weight excluding hydrogens is 252 g/mol. The van der Waals surface area contributed by atoms with Crippen molar-refractivity contribution >= 4 is 17.6 Å². The Hall–Kier alpha value is -2.38. The van der Waals surface area contributed by atoms with Crippen LogP contribution in [0.15, 0.2) is 12.3 Å². The first-order valence-corrected chi connectivity index (χ1v) is 5.72. The molecule has 2 heterocycles. The summed E-state index contributed by atoms with van der Waals surface area (Å²) in [5, 5.41) is 14.0. The number of nitrogens with one attached hydrogen (secondary N) is 1. The third kappa shape index (κ3) is 2.56. The van der Waals surface area contributed by atoms with Gasteiger partial charge in [-0.25, -0.2) is 9.78 Å². The fourth-order valence-corrected chi connectivity index (χ4v) is 1.93. The van der Waals surface area contributed by atoms with Crippen molar-refractivity contribution in [3.05, 3.63) is 27.9 Å². The molecule has 102 valence electrons. The van der Waals surface area contributed by atoms with Crippen LogP contribution in [0.3, 0.4) is 0 Å². The standard InChI is InChI=1S/C11H14N4O4/c1-7-3-4-12-10(9(7)15(17)18)13-8-5-14(6-8)11(16)19-2/h3-4,8H,5-6H2,1-2H3,(H,12,13). The van der Waals surface area contributed by atoms with E-state index >= 15 is 0 Å². The number of carbonyl (C=O) groups excluding carboxylic acids is 1. The minimum atomic E-state index is -0.457. The van der Waals surface area contributed by atoms with E-state index in [1.165, 1.54) is 18.2 Å². The molecule has 1 fully saturated rings. The highest BCUT2D eigenvalue weighted by Crippen LogP contribution is 2.27. The van der Waals surface area contributed by atoms with Gasteiger partial charge in [0.2, 0.25) is 5.82 Å². The van der Waals surface area contributed by atoms with Gasteiger partial charge in [-0.2, -0.15) is 0 Å². The molecule has 1 aliphatic rings. The molecule has 1 aromatic heterocycles. The van der Waals surface area contributed by atoms with E-state index in [-0.39, 0.29) is 17.5 Å². The number of rotatable bonds is 3. The van der Waals surface area contributed by atoms with E-state index in [9.17, 15) is 14.9 Å². The Bertz CT molecular complexity index is 513. The largest absolute Gasteiger partial charge is 0.453 e. The summed E-state index contributed by atoms with van der Waals surface area (Å²) >= 11 is 0. The zero-order valence-corrected chi connectivity index (χ0v) is 10.6. The van der Waals surface area contributed by atoms with Crippen molar-refractivity contribution in [3.63, 3.8) is 0 Å². The van der Waals surface area contributed by atoms with Crippen molar-refractivity contribution < 1.29 is 14.5 Å². The van der Waals surface area contributed by atoms with E-state index in [0.29, 0.717) is 18.7 Å². The number of ether oxygens (including phenoxy) is 1. The first kappa shape index (κ1) is 13.1. The van der Waals surface area contributed by atoms with Crippen molar-refractivity contribution in [3.8, 4) is 0 Å². The number of hydrogen-bond acceptors (Lipinski definition) is 6. The molecule has 8 nitrogen and oxygen atoms in total. The Kier molecular flexibility index (Phi) is 3.50. The van der Waals surface area contributed by atoms with E-state index in [2.05, 4.69) is 15.0 Å². The Morgan fingerprint density at radius 2 is 2.32 bits per heavy atom. The molecule has 0 atom stereocenters. The molecule has 1 aliphatic heterocycles. The Morgan fingerprint density at radius 3 is 2.89 bits per heavy atom. The number of anilines is 1. The summed E-state index contributed by atoms with van der Waals surface area (Å²) in [5.41, 5.74) is 0.519. The predicted molar refractivity (Wildman–Crippen MR) is 67.0 cm³/mol. The van der Waals surface area contributed by atoms with Crippen LogP contribution in [0.25, 0.3) is 0 Å². The van der Waals surface area contributed by atoms with Gasteiger partial charge in [0.25, 0.3) is 0 Å². The second-order valence-corrected chi connectivity index (χ2v) is 4.30. The molecule has 0 spiro atoms. The number of methoxy groups -OCH3 is 1. The monoisotopic (exact) mass is 266 g/mol. The number of pyridine rings is 1. The molecule has 0 saturated carbocycles. The molecule has 0 bridgehead atoms. The molecule has 19 heavy (non-hydrogen) atoms. The van der Waals surface area contributed by atoms with Crippen LogP contribution < -0.4 is 5.32 Å². The van der Waals surface area contributed by atoms with Gasteiger partial charge in [-0.3, -0.25) is 10.1 Å². The molecule has 0 unspecified atom stereocenters. The maximum Gasteiger partial charge on any atom is 0.409 e. The number of nitrogens with zero attached hydrogens (tertiary/aromatic N) is 3. The zero-order chi connectivity index (χ0) is 14.0. The third-order valence-corrected chi connectivity index (χ3v) is 2.96. The van der Waals surface area contributed by atoms with Crippen LogP contribution in [0.1, 0.15) is 5.56 Å². The summed E-state index contributed by atoms with van der Waals surface area (Å²) in [6.07, 6.45) is 1.12. The molecule has 1 amide bonds. The molecule has 0 radical (unpaired) electrons. The van der Waals surface area contributed by atoms with Gasteiger partial charge in [0, 0.05) is 24.8 Å². The summed E-state index contributed by atoms with van der Waals surface area (Å²) in [4.78, 5) is 27.2. The summed E-state index contributed by atoms with van der Waals surface area (Å²) in [5.74, 6) is 0.236. The fourth-order valence-electron chi connectivity index (χ4n) is 1.93. The lowest BCUT2D eigenvalue weighted by atomic mass is 10.1. The number of aryl methyl sites for hydroxylation is 1. The summed E-state index contributed by atoms with van der Waals surface area (Å²) in [6.45, 7) is 2.55. The number of nitro groups is 1. The predicted octanol–water partition coefficient (Wildman–Crippen LogP) is 1.16. The van der Waals surface area contributed by atoms with Crippen molar-refractivity contribution in [1.29, 1.82) is 0 Å². The number of hydrogen-bond donors (Lipinski definition) is 1. The second-order valence-electron chi connectivity index (χ2n) is 4.30. The second kappa shape index (κ2) is 5.09. The van der Waals surface area contributed by atoms with Crippen molar-refractivity contribution in [2.24, 2.45) is 0 Å². The van der Waals surface area contributed by atoms with Crippen LogP contribution >= 0.6 is 0 Å². The van der Waals surface area contributed by atoms with Crippen LogP contribution in [0.4, 0.5) is 16.3 Å². The minimum absolute atomic E-state index is 0.0287. The average Bonchev–Trinajstić information content (AvgIpc) is 2.31. The van der Waals surface area contributed by atoms with Gasteiger partial charge in [0.05, 0.1) is 18.1 Å². The lowest BCUT2D eigenvalue weighted by Crippen LogP contribution is -2.57. The zero-order valence-electron chi connectivity index (χ0n) is 10.6. The van der Waals surface area contributed by atoms with E-state index in [4.69, 9.17) is 0 Å². The van der Waals surface area contributed by atoms with Crippen LogP contribution in [0.5, 0.6) is 0 Å². The Labute approximate surface area is 109 Å². The van der Waals surface area contributed by atoms with E-state index in [1.807, 2.05) is 0 Å². The molecule has 0 aliphatic carbocycles. The maximum absolute atomic E-state index is 11.2. The van der Waals surface area contributed by atoms with E-state index in [0.717, 1.165) is 0 Å². The van der Waals surface area contributed by atoms with Crippen molar-refractivity contribution in [2.75, 3.05) is 25.5 Å². The quantitative estimate of drug-likeness (QED) is 0.651. The summed E-state index contributed by atoms with van der Waals surface area (Å²) in [7, 11) is 1.32. The highest BCUT2D eigenvalue weighted by Gasteiger charge is 2.33. The van der Waals surface area contributed by atoms with Crippen LogP contribution in [-0.4, -0.2) is 47.1 Å². The number of carbonyl (C=O) groups is 1. The normalized spacial score (nSPS) is 14.7. The van der Waals surface area contributed by atoms with Crippen LogP contribution in [0.2, 0.25) is 0 Å². The number of aromatic nitrogens is 1. The van der Waals surface area contributed by atoms with Crippen molar-refractivity contribution in [1.82, 2.24) is 9.88 Å². The van der Waals surface area contributed by atoms with Gasteiger partial charge in [-0.05, 0) is 13.0 Å². The number of likely N-dealkylation sites (tertiary alicyclic amines) is 1. The van der Waals surface area contributed by atoms with Crippen LogP contribution in [0, 0.1) is 17.0 Å². The van der Waals surface area contributed by atoms with Gasteiger partial charge in [-0.15, -0.1) is 0 Å². The SMILES string of the molecule is COC(=O)N1CC(Nc2nccc(C)c2[N+](=O)[O-])C1. The lowest BCUT2D eigenvalue weighted by Gasteiger charge is -2.38. The van der Waals surface area contributed by atoms with E-state index in [1.54, 1.807) is 13.0 Å². The molecule has 1 aromatic rings. The maximum atomic E-state index is 11.2. The highest BCUT2D eigenvalue weighted by atomic mass is 16.6. The van der Waals surface area contributed by atoms with Crippen molar-refractivity contribution in [2.45, 2.75) is 13.0 Å². The molecular formula is C11H14N4O4. The first-order chi connectivity index (χ1) is 9.02. The fraction of sp³-hybridized carbons (Fsp3) is 0.455. The average molecular weight is 266 g/mol. The molecule has 2 rings (SSSR count). The lowest BCUT2D eigenvalue weighted by molar-refractivity contribution is -0.384. The smallest absolute Gasteiger partial charge is 0.409 e. The highest BCUT2D eigenvalue weighted by molar-refractivity contribution is 5.69. The van der Waals surface area contributed by atoms with Gasteiger partial charge in [0.1, 0.15) is 0 Å². The summed E-state index contributed by atoms with van der Waals surface area (Å²) < 4.78 is 4.57. The summed E-state index contributed by atoms with van der Waals surface area (Å²) in [6, 6.07) is 1.54. The Balaban J connectivity index is 2.04. The minimum Gasteiger partial charge on any atom is -0.453 e. The topological polar surface area (TPSA) is 97.6 Å². The first-order valence-electron chi connectivity index (χ1n) is 5.72. The molecule has 1 N–H and O–H groups in total. The number of amides is 1. The molecule has 1 saturated heterocycles. The Morgan fingerprint density at radius 1 is 1.63 bits per heavy atom. The third-order valence-electron chi connectivity index (χ3n) is 2.96. The molecule has 0 aromatic carbocycles.